The summed E-state index contributed by atoms with van der Waals surface area (Å²) in [7, 11) is -1.85. The number of para-hydroxylation sites is 1. The van der Waals surface area contributed by atoms with Gasteiger partial charge in [0.25, 0.3) is 0 Å². The number of sulfone groups is 1. The van der Waals surface area contributed by atoms with E-state index in [4.69, 9.17) is 4.74 Å². The zero-order chi connectivity index (χ0) is 14.8. The number of hydrogen-bond donors (Lipinski definition) is 0. The molecule has 0 amide bonds. The second kappa shape index (κ2) is 5.83. The molecular formula is C14H19NO4S. The van der Waals surface area contributed by atoms with Gasteiger partial charge in [-0.25, -0.2) is 8.42 Å². The number of rotatable bonds is 3. The van der Waals surface area contributed by atoms with Crippen LogP contribution in [0, 0.1) is 5.92 Å². The molecule has 0 aromatic heterocycles. The maximum absolute atomic E-state index is 11.8. The van der Waals surface area contributed by atoms with Gasteiger partial charge in [-0.1, -0.05) is 12.1 Å². The van der Waals surface area contributed by atoms with Crippen LogP contribution in [0.25, 0.3) is 0 Å². The van der Waals surface area contributed by atoms with E-state index in [2.05, 4.69) is 0 Å². The van der Waals surface area contributed by atoms with Crippen LogP contribution < -0.4 is 4.90 Å². The van der Waals surface area contributed by atoms with Gasteiger partial charge in [0.05, 0.1) is 23.6 Å². The number of carbonyl (C=O) groups excluding carboxylic acids is 1. The number of methoxy groups -OCH3 is 1. The minimum Gasteiger partial charge on any atom is -0.469 e. The highest BCUT2D eigenvalue weighted by Crippen LogP contribution is 2.29. The minimum absolute atomic E-state index is 0.0818. The summed E-state index contributed by atoms with van der Waals surface area (Å²) in [5, 5.41) is 0. The molecule has 1 aromatic carbocycles. The Balaban J connectivity index is 2.18. The molecule has 1 fully saturated rings. The molecule has 0 unspecified atom stereocenters. The fraction of sp³-hybridized carbons (Fsp3) is 0.500. The van der Waals surface area contributed by atoms with Crippen LogP contribution in [0.3, 0.4) is 0 Å². The first-order valence-corrected chi connectivity index (χ1v) is 8.44. The zero-order valence-electron chi connectivity index (χ0n) is 11.7. The van der Waals surface area contributed by atoms with Gasteiger partial charge >= 0.3 is 5.97 Å². The van der Waals surface area contributed by atoms with Crippen LogP contribution in [0.15, 0.2) is 29.2 Å². The van der Waals surface area contributed by atoms with Gasteiger partial charge in [-0.05, 0) is 25.0 Å². The smallest absolute Gasteiger partial charge is 0.308 e. The molecular weight excluding hydrogens is 278 g/mol. The second-order valence-electron chi connectivity index (χ2n) is 5.02. The lowest BCUT2D eigenvalue weighted by atomic mass is 9.96. The number of esters is 1. The van der Waals surface area contributed by atoms with E-state index in [-0.39, 0.29) is 11.9 Å². The Kier molecular flexibility index (Phi) is 4.32. The largest absolute Gasteiger partial charge is 0.469 e. The Morgan fingerprint density at radius 3 is 2.40 bits per heavy atom. The molecule has 20 heavy (non-hydrogen) atoms. The van der Waals surface area contributed by atoms with Crippen LogP contribution in [0.2, 0.25) is 0 Å². The first kappa shape index (κ1) is 14.8. The fourth-order valence-electron chi connectivity index (χ4n) is 2.55. The van der Waals surface area contributed by atoms with Crippen molar-refractivity contribution in [2.24, 2.45) is 5.92 Å². The van der Waals surface area contributed by atoms with Gasteiger partial charge in [0.15, 0.2) is 9.84 Å². The predicted octanol–water partition coefficient (Wildman–Crippen LogP) is 1.48. The normalized spacial score (nSPS) is 17.0. The standard InChI is InChI=1S/C14H19NO4S/c1-19-14(16)11-7-9-15(10-8-11)12-5-3-4-6-13(12)20(2,17)18/h3-6,11H,7-10H2,1-2H3. The van der Waals surface area contributed by atoms with Gasteiger partial charge in [0.2, 0.25) is 0 Å². The number of nitrogens with zero attached hydrogens (tertiary/aromatic N) is 1. The van der Waals surface area contributed by atoms with Gasteiger partial charge in [-0.2, -0.15) is 0 Å². The van der Waals surface area contributed by atoms with E-state index < -0.39 is 9.84 Å². The summed E-state index contributed by atoms with van der Waals surface area (Å²) in [6.07, 6.45) is 2.59. The van der Waals surface area contributed by atoms with Crippen molar-refractivity contribution in [2.45, 2.75) is 17.7 Å². The summed E-state index contributed by atoms with van der Waals surface area (Å²) in [6, 6.07) is 6.99. The van der Waals surface area contributed by atoms with Crippen LogP contribution in [0.5, 0.6) is 0 Å². The van der Waals surface area contributed by atoms with E-state index in [1.165, 1.54) is 13.4 Å². The summed E-state index contributed by atoms with van der Waals surface area (Å²) in [6.45, 7) is 1.32. The molecule has 0 bridgehead atoms. The van der Waals surface area contributed by atoms with Crippen molar-refractivity contribution in [1.82, 2.24) is 0 Å². The summed E-state index contributed by atoms with van der Waals surface area (Å²) < 4.78 is 28.4. The molecule has 1 heterocycles. The highest BCUT2D eigenvalue weighted by atomic mass is 32.2. The Hall–Kier alpha value is -1.56. The lowest BCUT2D eigenvalue weighted by Crippen LogP contribution is -2.37. The molecule has 0 aliphatic carbocycles. The van der Waals surface area contributed by atoms with Crippen LogP contribution in [0.4, 0.5) is 5.69 Å². The summed E-state index contributed by atoms with van der Waals surface area (Å²) >= 11 is 0. The molecule has 0 N–H and O–H groups in total. The molecule has 2 rings (SSSR count). The molecule has 110 valence electrons. The van der Waals surface area contributed by atoms with E-state index in [1.807, 2.05) is 17.0 Å². The summed E-state index contributed by atoms with van der Waals surface area (Å²) in [5.41, 5.74) is 0.721. The third kappa shape index (κ3) is 3.12. The van der Waals surface area contributed by atoms with Crippen molar-refractivity contribution in [2.75, 3.05) is 31.4 Å². The average molecular weight is 297 g/mol. The fourth-order valence-corrected chi connectivity index (χ4v) is 3.46. The number of hydrogen-bond acceptors (Lipinski definition) is 5. The van der Waals surface area contributed by atoms with E-state index in [0.29, 0.717) is 30.8 Å². The third-order valence-electron chi connectivity index (χ3n) is 3.63. The van der Waals surface area contributed by atoms with Gasteiger partial charge in [0, 0.05) is 19.3 Å². The van der Waals surface area contributed by atoms with E-state index in [1.54, 1.807) is 12.1 Å². The number of anilines is 1. The Morgan fingerprint density at radius 1 is 1.25 bits per heavy atom. The summed E-state index contributed by atoms with van der Waals surface area (Å²) in [5.74, 6) is -0.261. The van der Waals surface area contributed by atoms with Crippen LogP contribution in [-0.2, 0) is 19.4 Å². The Labute approximate surface area is 119 Å². The second-order valence-corrected chi connectivity index (χ2v) is 7.01. The highest BCUT2D eigenvalue weighted by molar-refractivity contribution is 7.90. The molecule has 0 radical (unpaired) electrons. The van der Waals surface area contributed by atoms with Crippen molar-refractivity contribution < 1.29 is 17.9 Å². The zero-order valence-corrected chi connectivity index (χ0v) is 12.5. The number of carbonyl (C=O) groups is 1. The third-order valence-corrected chi connectivity index (χ3v) is 4.78. The number of piperidine rings is 1. The van der Waals surface area contributed by atoms with Crippen LogP contribution >= 0.6 is 0 Å². The Morgan fingerprint density at radius 2 is 1.85 bits per heavy atom. The number of benzene rings is 1. The van der Waals surface area contributed by atoms with Crippen molar-refractivity contribution in [1.29, 1.82) is 0 Å². The van der Waals surface area contributed by atoms with Crippen molar-refractivity contribution in [3.63, 3.8) is 0 Å². The highest BCUT2D eigenvalue weighted by Gasteiger charge is 2.27. The van der Waals surface area contributed by atoms with Gasteiger partial charge in [-0.3, -0.25) is 4.79 Å². The maximum Gasteiger partial charge on any atom is 0.308 e. The quantitative estimate of drug-likeness (QED) is 0.791. The van der Waals surface area contributed by atoms with Crippen molar-refractivity contribution in [3.8, 4) is 0 Å². The van der Waals surface area contributed by atoms with E-state index in [0.717, 1.165) is 5.69 Å². The first-order valence-electron chi connectivity index (χ1n) is 6.55. The van der Waals surface area contributed by atoms with Crippen LogP contribution in [-0.4, -0.2) is 40.8 Å². The maximum atomic E-state index is 11.8. The molecule has 6 heteroatoms. The van der Waals surface area contributed by atoms with Crippen molar-refractivity contribution >= 4 is 21.5 Å². The topological polar surface area (TPSA) is 63.7 Å². The lowest BCUT2D eigenvalue weighted by Gasteiger charge is -2.33. The predicted molar refractivity (Wildman–Crippen MR) is 76.5 cm³/mol. The molecule has 1 saturated heterocycles. The Bertz CT molecular complexity index is 589. The van der Waals surface area contributed by atoms with Gasteiger partial charge < -0.3 is 9.64 Å². The first-order chi connectivity index (χ1) is 9.43. The van der Waals surface area contributed by atoms with E-state index in [9.17, 15) is 13.2 Å². The molecule has 1 aromatic rings. The molecule has 5 nitrogen and oxygen atoms in total. The van der Waals surface area contributed by atoms with Crippen LogP contribution in [0.1, 0.15) is 12.8 Å². The average Bonchev–Trinajstić information content (AvgIpc) is 2.46. The molecule has 1 aliphatic rings. The van der Waals surface area contributed by atoms with Gasteiger partial charge in [0.1, 0.15) is 0 Å². The monoisotopic (exact) mass is 297 g/mol. The minimum atomic E-state index is -3.25. The molecule has 0 spiro atoms. The molecule has 0 atom stereocenters. The number of ether oxygens (including phenoxy) is 1. The lowest BCUT2D eigenvalue weighted by molar-refractivity contribution is -0.146. The molecule has 0 saturated carbocycles. The van der Waals surface area contributed by atoms with E-state index >= 15 is 0 Å². The van der Waals surface area contributed by atoms with Gasteiger partial charge in [-0.15, -0.1) is 0 Å². The SMILES string of the molecule is COC(=O)C1CCN(c2ccccc2S(C)(=O)=O)CC1. The molecule has 1 aliphatic heterocycles. The van der Waals surface area contributed by atoms with Crippen molar-refractivity contribution in [3.05, 3.63) is 24.3 Å². The summed E-state index contributed by atoms with van der Waals surface area (Å²) in [4.78, 5) is 13.9.